The molecule has 0 unspecified atom stereocenters. The number of rotatable bonds is 2. The molecule has 92 valence electrons. The first-order valence-electron chi connectivity index (χ1n) is 5.83. The van der Waals surface area contributed by atoms with Crippen LogP contribution in [-0.4, -0.2) is 27.2 Å². The lowest BCUT2D eigenvalue weighted by molar-refractivity contribution is -0.0964. The minimum Gasteiger partial charge on any atom is -0.285 e. The number of hydrogen-bond acceptors (Lipinski definition) is 3. The second kappa shape index (κ2) is 5.47. The van der Waals surface area contributed by atoms with Gasteiger partial charge in [0.15, 0.2) is 0 Å². The summed E-state index contributed by atoms with van der Waals surface area (Å²) in [6.45, 7) is 0. The van der Waals surface area contributed by atoms with Gasteiger partial charge in [-0.05, 0) is 25.0 Å². The summed E-state index contributed by atoms with van der Waals surface area (Å²) in [6, 6.07) is 3.12. The van der Waals surface area contributed by atoms with E-state index in [1.807, 2.05) is 0 Å². The molecule has 2 rings (SSSR count). The predicted octanol–water partition coefficient (Wildman–Crippen LogP) is 2.90. The second-order valence-corrected chi connectivity index (χ2v) is 4.64. The molecule has 0 radical (unpaired) electrons. The maximum absolute atomic E-state index is 12.0. The molecule has 0 atom stereocenters. The first-order chi connectivity index (χ1) is 8.20. The van der Waals surface area contributed by atoms with Gasteiger partial charge in [0.05, 0.1) is 11.6 Å². The number of carbonyl (C=O) groups excluding carboxylic acids is 1. The van der Waals surface area contributed by atoms with Gasteiger partial charge in [-0.25, -0.2) is 10.0 Å². The van der Waals surface area contributed by atoms with Crippen LogP contribution in [0.15, 0.2) is 18.3 Å². The van der Waals surface area contributed by atoms with E-state index < -0.39 is 5.91 Å². The van der Waals surface area contributed by atoms with Gasteiger partial charge in [0.25, 0.3) is 5.91 Å². The molecule has 4 nitrogen and oxygen atoms in total. The molecule has 1 aromatic heterocycles. The first kappa shape index (κ1) is 12.3. The third-order valence-electron chi connectivity index (χ3n) is 3.12. The molecule has 1 aliphatic rings. The summed E-state index contributed by atoms with van der Waals surface area (Å²) in [7, 11) is 0. The molecule has 1 amide bonds. The van der Waals surface area contributed by atoms with E-state index >= 15 is 0 Å². The highest BCUT2D eigenvalue weighted by atomic mass is 35.5. The fourth-order valence-corrected chi connectivity index (χ4v) is 2.36. The van der Waals surface area contributed by atoms with Gasteiger partial charge in [0.2, 0.25) is 0 Å². The topological polar surface area (TPSA) is 53.4 Å². The SMILES string of the molecule is O=C(c1cccnc1Cl)N(O)C1CCCCC1. The zero-order valence-electron chi connectivity index (χ0n) is 9.47. The molecule has 0 saturated heterocycles. The molecule has 17 heavy (non-hydrogen) atoms. The van der Waals surface area contributed by atoms with E-state index in [9.17, 15) is 10.0 Å². The number of pyridine rings is 1. The van der Waals surface area contributed by atoms with Crippen LogP contribution in [0.3, 0.4) is 0 Å². The Morgan fingerprint density at radius 2 is 2.12 bits per heavy atom. The van der Waals surface area contributed by atoms with Crippen molar-refractivity contribution in [2.75, 3.05) is 0 Å². The van der Waals surface area contributed by atoms with Gasteiger partial charge in [-0.1, -0.05) is 30.9 Å². The van der Waals surface area contributed by atoms with Gasteiger partial charge < -0.3 is 0 Å². The summed E-state index contributed by atoms with van der Waals surface area (Å²) in [6.07, 6.45) is 6.49. The second-order valence-electron chi connectivity index (χ2n) is 4.28. The molecule has 1 aromatic rings. The third kappa shape index (κ3) is 2.76. The highest BCUT2D eigenvalue weighted by Gasteiger charge is 2.26. The number of carbonyl (C=O) groups is 1. The van der Waals surface area contributed by atoms with Gasteiger partial charge in [0.1, 0.15) is 5.15 Å². The van der Waals surface area contributed by atoms with Crippen LogP contribution in [0.25, 0.3) is 0 Å². The molecule has 1 heterocycles. The van der Waals surface area contributed by atoms with Crippen molar-refractivity contribution in [2.24, 2.45) is 0 Å². The normalized spacial score (nSPS) is 16.8. The summed E-state index contributed by atoms with van der Waals surface area (Å²) < 4.78 is 0. The zero-order valence-corrected chi connectivity index (χ0v) is 10.2. The van der Waals surface area contributed by atoms with Crippen molar-refractivity contribution in [1.82, 2.24) is 10.0 Å². The summed E-state index contributed by atoms with van der Waals surface area (Å²) in [4.78, 5) is 15.9. The summed E-state index contributed by atoms with van der Waals surface area (Å²) >= 11 is 5.83. The highest BCUT2D eigenvalue weighted by molar-refractivity contribution is 6.32. The Hall–Kier alpha value is -1.13. The molecule has 0 spiro atoms. The van der Waals surface area contributed by atoms with E-state index in [0.29, 0.717) is 0 Å². The van der Waals surface area contributed by atoms with Gasteiger partial charge in [0, 0.05) is 6.20 Å². The maximum atomic E-state index is 12.0. The molecule has 1 saturated carbocycles. The third-order valence-corrected chi connectivity index (χ3v) is 3.42. The molecule has 1 N–H and O–H groups in total. The van der Waals surface area contributed by atoms with Crippen molar-refractivity contribution in [3.05, 3.63) is 29.0 Å². The number of halogens is 1. The van der Waals surface area contributed by atoms with E-state index in [1.165, 1.54) is 12.6 Å². The number of hydroxylamine groups is 2. The summed E-state index contributed by atoms with van der Waals surface area (Å²) in [5.41, 5.74) is 0.252. The summed E-state index contributed by atoms with van der Waals surface area (Å²) in [5.74, 6) is -0.463. The lowest BCUT2D eigenvalue weighted by atomic mass is 9.95. The monoisotopic (exact) mass is 254 g/mol. The van der Waals surface area contributed by atoms with E-state index in [4.69, 9.17) is 11.6 Å². The van der Waals surface area contributed by atoms with E-state index in [1.54, 1.807) is 12.1 Å². The number of amides is 1. The quantitative estimate of drug-likeness (QED) is 0.502. The van der Waals surface area contributed by atoms with Crippen molar-refractivity contribution >= 4 is 17.5 Å². The van der Waals surface area contributed by atoms with Crippen molar-refractivity contribution in [2.45, 2.75) is 38.1 Å². The predicted molar refractivity (Wildman–Crippen MR) is 64.1 cm³/mol. The molecule has 1 aliphatic carbocycles. The Bertz CT molecular complexity index is 405. The van der Waals surface area contributed by atoms with Crippen molar-refractivity contribution in [3.63, 3.8) is 0 Å². The minimum absolute atomic E-state index is 0.0903. The van der Waals surface area contributed by atoms with E-state index in [-0.39, 0.29) is 16.8 Å². The molecular weight excluding hydrogens is 240 g/mol. The van der Waals surface area contributed by atoms with Crippen LogP contribution in [0.5, 0.6) is 0 Å². The lowest BCUT2D eigenvalue weighted by Crippen LogP contribution is -2.39. The van der Waals surface area contributed by atoms with Crippen molar-refractivity contribution in [3.8, 4) is 0 Å². The van der Waals surface area contributed by atoms with Gasteiger partial charge in [-0.15, -0.1) is 0 Å². The Morgan fingerprint density at radius 1 is 1.41 bits per heavy atom. The zero-order chi connectivity index (χ0) is 12.3. The van der Waals surface area contributed by atoms with Gasteiger partial charge in [-0.2, -0.15) is 0 Å². The van der Waals surface area contributed by atoms with Crippen LogP contribution in [0.4, 0.5) is 0 Å². The van der Waals surface area contributed by atoms with Crippen LogP contribution in [0.1, 0.15) is 42.5 Å². The molecular formula is C12H15ClN2O2. The highest BCUT2D eigenvalue weighted by Crippen LogP contribution is 2.23. The van der Waals surface area contributed by atoms with E-state index in [2.05, 4.69) is 4.98 Å². The Balaban J connectivity index is 2.11. The van der Waals surface area contributed by atoms with Crippen LogP contribution < -0.4 is 0 Å². The van der Waals surface area contributed by atoms with Gasteiger partial charge >= 0.3 is 0 Å². The minimum atomic E-state index is -0.463. The van der Waals surface area contributed by atoms with Crippen LogP contribution >= 0.6 is 11.6 Å². The smallest absolute Gasteiger partial charge is 0.280 e. The van der Waals surface area contributed by atoms with Gasteiger partial charge in [-0.3, -0.25) is 10.0 Å². The fraction of sp³-hybridized carbons (Fsp3) is 0.500. The van der Waals surface area contributed by atoms with Crippen LogP contribution in [0, 0.1) is 0 Å². The molecule has 0 aliphatic heterocycles. The van der Waals surface area contributed by atoms with Crippen LogP contribution in [0.2, 0.25) is 5.15 Å². The summed E-state index contributed by atoms with van der Waals surface area (Å²) in [5, 5.41) is 10.9. The number of aromatic nitrogens is 1. The van der Waals surface area contributed by atoms with Crippen LogP contribution in [-0.2, 0) is 0 Å². The number of hydrogen-bond donors (Lipinski definition) is 1. The molecule has 5 heteroatoms. The van der Waals surface area contributed by atoms with Crippen molar-refractivity contribution in [1.29, 1.82) is 0 Å². The standard InChI is InChI=1S/C12H15ClN2O2/c13-11-10(7-4-8-14-11)12(16)15(17)9-5-2-1-3-6-9/h4,7-9,17H,1-3,5-6H2. The van der Waals surface area contributed by atoms with Crippen molar-refractivity contribution < 1.29 is 10.0 Å². The number of nitrogens with zero attached hydrogens (tertiary/aromatic N) is 2. The lowest BCUT2D eigenvalue weighted by Gasteiger charge is -2.29. The fourth-order valence-electron chi connectivity index (χ4n) is 2.16. The van der Waals surface area contributed by atoms with E-state index in [0.717, 1.165) is 30.7 Å². The Kier molecular flexibility index (Phi) is 3.97. The first-order valence-corrected chi connectivity index (χ1v) is 6.21. The molecule has 1 fully saturated rings. The maximum Gasteiger partial charge on any atom is 0.280 e. The largest absolute Gasteiger partial charge is 0.285 e. The average Bonchev–Trinajstić information content (AvgIpc) is 2.39. The Morgan fingerprint density at radius 3 is 2.76 bits per heavy atom. The Labute approximate surface area is 105 Å². The molecule has 0 aromatic carbocycles. The average molecular weight is 255 g/mol. The molecule has 0 bridgehead atoms.